The van der Waals surface area contributed by atoms with Crippen LogP contribution in [-0.2, 0) is 10.0 Å². The molecule has 0 N–H and O–H groups in total. The first kappa shape index (κ1) is 17.0. The van der Waals surface area contributed by atoms with Gasteiger partial charge in [-0.3, -0.25) is 9.10 Å². The van der Waals surface area contributed by atoms with Crippen LogP contribution >= 0.6 is 0 Å². The summed E-state index contributed by atoms with van der Waals surface area (Å²) in [6.07, 6.45) is 0. The highest BCUT2D eigenvalue weighted by atomic mass is 32.2. The minimum Gasteiger partial charge on any atom is -0.497 e. The molecule has 0 atom stereocenters. The van der Waals surface area contributed by atoms with Gasteiger partial charge in [-0.15, -0.1) is 0 Å². The van der Waals surface area contributed by atoms with E-state index in [0.29, 0.717) is 11.4 Å². The number of nitrogens with zero attached hydrogens (tertiary/aromatic N) is 1. The average molecular weight is 337 g/mol. The smallest absolute Gasteiger partial charge is 0.242 e. The molecule has 7 heteroatoms. The third-order valence-corrected chi connectivity index (χ3v) is 5.01. The predicted octanol–water partition coefficient (Wildman–Crippen LogP) is 2.48. The molecule has 0 amide bonds. The lowest BCUT2D eigenvalue weighted by Crippen LogP contribution is -2.32. The Bertz CT molecular complexity index is 786. The summed E-state index contributed by atoms with van der Waals surface area (Å²) in [5.74, 6) is -1.17. The highest BCUT2D eigenvalue weighted by Crippen LogP contribution is 2.21. The zero-order valence-electron chi connectivity index (χ0n) is 12.7. The predicted molar refractivity (Wildman–Crippen MR) is 85.9 cm³/mol. The van der Waals surface area contributed by atoms with E-state index in [9.17, 15) is 17.6 Å². The number of ketones is 1. The summed E-state index contributed by atoms with van der Waals surface area (Å²) in [6, 6.07) is 11.2. The molecule has 0 aliphatic carbocycles. The van der Waals surface area contributed by atoms with Crippen LogP contribution < -0.4 is 9.04 Å². The molecule has 5 nitrogen and oxygen atoms in total. The van der Waals surface area contributed by atoms with Crippen molar-refractivity contribution in [3.05, 3.63) is 59.9 Å². The van der Waals surface area contributed by atoms with Crippen LogP contribution in [0.25, 0.3) is 0 Å². The van der Waals surface area contributed by atoms with Gasteiger partial charge in [0, 0.05) is 12.6 Å². The highest BCUT2D eigenvalue weighted by Gasteiger charge is 2.23. The Morgan fingerprint density at radius 3 is 2.17 bits per heavy atom. The summed E-state index contributed by atoms with van der Waals surface area (Å²) in [6.45, 7) is 0. The second-order valence-electron chi connectivity index (χ2n) is 4.85. The van der Waals surface area contributed by atoms with E-state index in [0.717, 1.165) is 16.4 Å². The molecule has 0 spiro atoms. The minimum atomic E-state index is -3.84. The zero-order valence-corrected chi connectivity index (χ0v) is 13.5. The first-order chi connectivity index (χ1) is 10.8. The van der Waals surface area contributed by atoms with Gasteiger partial charge < -0.3 is 4.74 Å². The summed E-state index contributed by atoms with van der Waals surface area (Å²) in [4.78, 5) is 12.1. The maximum atomic E-state index is 12.9. The largest absolute Gasteiger partial charge is 0.497 e. The van der Waals surface area contributed by atoms with Gasteiger partial charge in [-0.2, -0.15) is 0 Å². The molecule has 0 unspecified atom stereocenters. The molecular weight excluding hydrogens is 321 g/mol. The molecule has 0 aromatic heterocycles. The molecule has 122 valence electrons. The van der Waals surface area contributed by atoms with Crippen molar-refractivity contribution in [1.82, 2.24) is 0 Å². The SMILES string of the molecule is COc1ccc(N(C)S(=O)(=O)CC(=O)c2ccc(F)cc2)cc1. The van der Waals surface area contributed by atoms with Crippen molar-refractivity contribution in [3.63, 3.8) is 0 Å². The van der Waals surface area contributed by atoms with Gasteiger partial charge in [0.1, 0.15) is 17.3 Å². The molecule has 2 aromatic rings. The number of Topliss-reactive ketones (excluding diaryl/α,β-unsaturated/α-hetero) is 1. The van der Waals surface area contributed by atoms with Crippen LogP contribution in [0.1, 0.15) is 10.4 Å². The lowest BCUT2D eigenvalue weighted by molar-refractivity contribution is 0.102. The summed E-state index contributed by atoms with van der Waals surface area (Å²) >= 11 is 0. The fourth-order valence-electron chi connectivity index (χ4n) is 1.93. The number of sulfonamides is 1. The third-order valence-electron chi connectivity index (χ3n) is 3.33. The Morgan fingerprint density at radius 1 is 1.09 bits per heavy atom. The number of rotatable bonds is 6. The van der Waals surface area contributed by atoms with E-state index < -0.39 is 27.4 Å². The molecule has 0 saturated carbocycles. The number of benzene rings is 2. The number of anilines is 1. The van der Waals surface area contributed by atoms with Crippen molar-refractivity contribution in [2.45, 2.75) is 0 Å². The van der Waals surface area contributed by atoms with Crippen molar-refractivity contribution in [3.8, 4) is 5.75 Å². The second kappa shape index (κ2) is 6.78. The van der Waals surface area contributed by atoms with Gasteiger partial charge in [0.2, 0.25) is 10.0 Å². The van der Waals surface area contributed by atoms with Crippen molar-refractivity contribution in [1.29, 1.82) is 0 Å². The fourth-order valence-corrected chi connectivity index (χ4v) is 3.07. The maximum absolute atomic E-state index is 12.9. The van der Waals surface area contributed by atoms with Crippen LogP contribution in [-0.4, -0.2) is 34.1 Å². The second-order valence-corrected chi connectivity index (χ2v) is 6.85. The van der Waals surface area contributed by atoms with Gasteiger partial charge in [0.25, 0.3) is 0 Å². The van der Waals surface area contributed by atoms with Crippen molar-refractivity contribution in [2.75, 3.05) is 24.2 Å². The number of halogens is 1. The molecule has 0 heterocycles. The van der Waals surface area contributed by atoms with Gasteiger partial charge in [-0.25, -0.2) is 12.8 Å². The molecule has 0 fully saturated rings. The van der Waals surface area contributed by atoms with Crippen LogP contribution in [0.2, 0.25) is 0 Å². The van der Waals surface area contributed by atoms with E-state index in [2.05, 4.69) is 0 Å². The Labute approximate surface area is 134 Å². The number of methoxy groups -OCH3 is 1. The molecule has 0 radical (unpaired) electrons. The van der Waals surface area contributed by atoms with Gasteiger partial charge in [0.15, 0.2) is 5.78 Å². The Morgan fingerprint density at radius 2 is 1.65 bits per heavy atom. The average Bonchev–Trinajstić information content (AvgIpc) is 2.54. The summed E-state index contributed by atoms with van der Waals surface area (Å²) in [5.41, 5.74) is 0.566. The number of carbonyl (C=O) groups is 1. The van der Waals surface area contributed by atoms with E-state index in [4.69, 9.17) is 4.74 Å². The van der Waals surface area contributed by atoms with Gasteiger partial charge in [0.05, 0.1) is 12.8 Å². The summed E-state index contributed by atoms with van der Waals surface area (Å²) in [5, 5.41) is 0. The standard InChI is InChI=1S/C16H16FNO4S/c1-18(14-7-9-15(22-2)10-8-14)23(20,21)11-16(19)12-3-5-13(17)6-4-12/h3-10H,11H2,1-2H3. The minimum absolute atomic E-state index is 0.151. The first-order valence-corrected chi connectivity index (χ1v) is 8.34. The van der Waals surface area contributed by atoms with E-state index in [1.165, 1.54) is 26.3 Å². The molecule has 0 aliphatic heterocycles. The molecule has 2 aromatic carbocycles. The molecule has 0 saturated heterocycles. The van der Waals surface area contributed by atoms with Gasteiger partial charge in [-0.05, 0) is 48.5 Å². The van der Waals surface area contributed by atoms with Crippen molar-refractivity contribution >= 4 is 21.5 Å². The van der Waals surface area contributed by atoms with Crippen LogP contribution in [0.15, 0.2) is 48.5 Å². The Kier molecular flexibility index (Phi) is 5.00. The quantitative estimate of drug-likeness (QED) is 0.760. The number of hydrogen-bond acceptors (Lipinski definition) is 4. The maximum Gasteiger partial charge on any atom is 0.242 e. The van der Waals surface area contributed by atoms with Crippen LogP contribution in [0.5, 0.6) is 5.75 Å². The topological polar surface area (TPSA) is 63.7 Å². The number of carbonyl (C=O) groups excluding carboxylic acids is 1. The summed E-state index contributed by atoms with van der Waals surface area (Å²) in [7, 11) is -0.960. The molecule has 0 aliphatic rings. The molecular formula is C16H16FNO4S. The van der Waals surface area contributed by atoms with Gasteiger partial charge >= 0.3 is 0 Å². The Balaban J connectivity index is 2.16. The highest BCUT2D eigenvalue weighted by molar-refractivity contribution is 7.93. The van der Waals surface area contributed by atoms with E-state index in [-0.39, 0.29) is 5.56 Å². The zero-order chi connectivity index (χ0) is 17.0. The van der Waals surface area contributed by atoms with E-state index in [1.807, 2.05) is 0 Å². The fraction of sp³-hybridized carbons (Fsp3) is 0.188. The van der Waals surface area contributed by atoms with Crippen LogP contribution in [0.3, 0.4) is 0 Å². The van der Waals surface area contributed by atoms with Crippen molar-refractivity contribution in [2.24, 2.45) is 0 Å². The van der Waals surface area contributed by atoms with E-state index in [1.54, 1.807) is 24.3 Å². The Hall–Kier alpha value is -2.41. The lowest BCUT2D eigenvalue weighted by Gasteiger charge is -2.19. The van der Waals surface area contributed by atoms with E-state index >= 15 is 0 Å². The van der Waals surface area contributed by atoms with Crippen LogP contribution in [0, 0.1) is 5.82 Å². The monoisotopic (exact) mass is 337 g/mol. The molecule has 0 bridgehead atoms. The molecule has 2 rings (SSSR count). The molecule has 23 heavy (non-hydrogen) atoms. The first-order valence-electron chi connectivity index (χ1n) is 6.73. The third kappa shape index (κ3) is 4.07. The van der Waals surface area contributed by atoms with Crippen LogP contribution in [0.4, 0.5) is 10.1 Å². The number of ether oxygens (including phenoxy) is 1. The summed E-state index contributed by atoms with van der Waals surface area (Å²) < 4.78 is 43.6. The lowest BCUT2D eigenvalue weighted by atomic mass is 10.1. The normalized spacial score (nSPS) is 11.1. The van der Waals surface area contributed by atoms with Crippen molar-refractivity contribution < 1.29 is 22.3 Å². The van der Waals surface area contributed by atoms with Gasteiger partial charge in [-0.1, -0.05) is 0 Å². The number of hydrogen-bond donors (Lipinski definition) is 0.